The third kappa shape index (κ3) is 1.37. The second-order valence-electron chi connectivity index (χ2n) is 6.06. The van der Waals surface area contributed by atoms with Crippen molar-refractivity contribution in [3.8, 4) is 0 Å². The Labute approximate surface area is 92.2 Å². The van der Waals surface area contributed by atoms with Crippen LogP contribution in [0.25, 0.3) is 0 Å². The minimum Gasteiger partial charge on any atom is -0.323 e. The summed E-state index contributed by atoms with van der Waals surface area (Å²) in [5.41, 5.74) is 0. The number of quaternary nitrogens is 1. The largest absolute Gasteiger partial charge is 0.323 e. The van der Waals surface area contributed by atoms with Crippen molar-refractivity contribution < 1.29 is 9.28 Å². The van der Waals surface area contributed by atoms with Crippen molar-refractivity contribution in [2.24, 2.45) is 11.8 Å². The van der Waals surface area contributed by atoms with Crippen molar-refractivity contribution in [2.45, 2.75) is 44.6 Å². The third-order valence-corrected chi connectivity index (χ3v) is 5.26. The van der Waals surface area contributed by atoms with Crippen LogP contribution in [0.4, 0.5) is 0 Å². The van der Waals surface area contributed by atoms with Crippen molar-refractivity contribution in [3.05, 3.63) is 0 Å². The van der Waals surface area contributed by atoms with Gasteiger partial charge in [-0.05, 0) is 19.3 Å². The number of carbonyl (C=O) groups is 1. The zero-order chi connectivity index (χ0) is 10.5. The molecular weight excluding hydrogens is 186 g/mol. The third-order valence-electron chi connectivity index (χ3n) is 5.26. The maximum atomic E-state index is 12.1. The van der Waals surface area contributed by atoms with Crippen LogP contribution in [-0.4, -0.2) is 36.4 Å². The summed E-state index contributed by atoms with van der Waals surface area (Å²) in [6.07, 6.45) is 7.64. The molecule has 0 N–H and O–H groups in total. The number of hydrogen-bond donors (Lipinski definition) is 0. The summed E-state index contributed by atoms with van der Waals surface area (Å²) in [4.78, 5) is 12.1. The predicted octanol–water partition coefficient (Wildman–Crippen LogP) is 1.98. The average Bonchev–Trinajstić information content (AvgIpc) is 2.72. The molecule has 2 saturated carbocycles. The highest BCUT2D eigenvalue weighted by Crippen LogP contribution is 2.44. The van der Waals surface area contributed by atoms with Crippen LogP contribution in [-0.2, 0) is 4.79 Å². The van der Waals surface area contributed by atoms with Gasteiger partial charge in [-0.2, -0.15) is 0 Å². The standard InChI is InChI=1S/C13H22NO/c1-14(8-2-3-9-14)12-7-5-10-4-6-11(12)13(10)15/h10-12H,2-9H2,1H3/q+1/t10-,11-,12+/m0/s1. The molecule has 3 fully saturated rings. The van der Waals surface area contributed by atoms with E-state index in [2.05, 4.69) is 7.05 Å². The van der Waals surface area contributed by atoms with Gasteiger partial charge in [-0.3, -0.25) is 4.79 Å². The Hall–Kier alpha value is -0.370. The first-order valence-corrected chi connectivity index (χ1v) is 6.59. The summed E-state index contributed by atoms with van der Waals surface area (Å²) < 4.78 is 1.21. The number of nitrogens with zero attached hydrogens (tertiary/aromatic N) is 1. The van der Waals surface area contributed by atoms with Crippen molar-refractivity contribution in [1.82, 2.24) is 0 Å². The second-order valence-corrected chi connectivity index (χ2v) is 6.06. The molecule has 2 bridgehead atoms. The molecule has 0 unspecified atom stereocenters. The normalized spacial score (nSPS) is 43.5. The number of likely N-dealkylation sites (tertiary alicyclic amines) is 1. The van der Waals surface area contributed by atoms with Crippen LogP contribution in [0, 0.1) is 11.8 Å². The zero-order valence-corrected chi connectivity index (χ0v) is 9.74. The molecule has 1 saturated heterocycles. The topological polar surface area (TPSA) is 17.1 Å². The van der Waals surface area contributed by atoms with E-state index >= 15 is 0 Å². The first-order valence-electron chi connectivity index (χ1n) is 6.59. The Morgan fingerprint density at radius 2 is 1.73 bits per heavy atom. The molecule has 84 valence electrons. The van der Waals surface area contributed by atoms with Crippen molar-refractivity contribution in [2.75, 3.05) is 20.1 Å². The average molecular weight is 208 g/mol. The van der Waals surface area contributed by atoms with Gasteiger partial charge in [-0.15, -0.1) is 0 Å². The minimum atomic E-state index is 0.437. The van der Waals surface area contributed by atoms with Crippen molar-refractivity contribution >= 4 is 5.78 Å². The van der Waals surface area contributed by atoms with E-state index in [0.717, 1.165) is 0 Å². The van der Waals surface area contributed by atoms with Crippen molar-refractivity contribution in [3.63, 3.8) is 0 Å². The summed E-state index contributed by atoms with van der Waals surface area (Å²) in [7, 11) is 2.39. The highest BCUT2D eigenvalue weighted by atomic mass is 16.1. The highest BCUT2D eigenvalue weighted by Gasteiger charge is 2.51. The maximum absolute atomic E-state index is 12.1. The molecule has 1 heterocycles. The molecule has 0 aromatic carbocycles. The van der Waals surface area contributed by atoms with Gasteiger partial charge in [0.05, 0.1) is 32.1 Å². The van der Waals surface area contributed by atoms with Crippen LogP contribution >= 0.6 is 0 Å². The van der Waals surface area contributed by atoms with Gasteiger partial charge < -0.3 is 4.48 Å². The lowest BCUT2D eigenvalue weighted by molar-refractivity contribution is -0.925. The van der Waals surface area contributed by atoms with Gasteiger partial charge in [0.1, 0.15) is 5.78 Å². The molecule has 1 aliphatic heterocycles. The summed E-state index contributed by atoms with van der Waals surface area (Å²) >= 11 is 0. The SMILES string of the molecule is C[N+]1([C@@H]2CC[C@@H]3CC[C@@H]2C3=O)CCCC1. The van der Waals surface area contributed by atoms with Gasteiger partial charge in [-0.1, -0.05) is 0 Å². The molecule has 15 heavy (non-hydrogen) atoms. The Balaban J connectivity index is 1.84. The monoisotopic (exact) mass is 208 g/mol. The summed E-state index contributed by atoms with van der Waals surface area (Å²) in [6.45, 7) is 2.64. The lowest BCUT2D eigenvalue weighted by atomic mass is 9.82. The predicted molar refractivity (Wildman–Crippen MR) is 59.4 cm³/mol. The van der Waals surface area contributed by atoms with Crippen LogP contribution in [0.5, 0.6) is 0 Å². The second kappa shape index (κ2) is 3.31. The van der Waals surface area contributed by atoms with Crippen LogP contribution < -0.4 is 0 Å². The molecule has 3 atom stereocenters. The number of rotatable bonds is 1. The lowest BCUT2D eigenvalue weighted by Gasteiger charge is -2.42. The molecule has 2 heteroatoms. The minimum absolute atomic E-state index is 0.437. The van der Waals surface area contributed by atoms with E-state index in [9.17, 15) is 4.79 Å². The van der Waals surface area contributed by atoms with E-state index < -0.39 is 0 Å². The summed E-state index contributed by atoms with van der Waals surface area (Å²) in [6, 6.07) is 0.679. The Kier molecular flexibility index (Phi) is 2.17. The van der Waals surface area contributed by atoms with Gasteiger partial charge in [0.25, 0.3) is 0 Å². The fourth-order valence-electron chi connectivity index (χ4n) is 4.35. The molecule has 2 nitrogen and oxygen atoms in total. The van der Waals surface area contributed by atoms with E-state index in [1.807, 2.05) is 0 Å². The molecular formula is C13H22NO+. The van der Waals surface area contributed by atoms with Crippen LogP contribution in [0.3, 0.4) is 0 Å². The zero-order valence-electron chi connectivity index (χ0n) is 9.74. The lowest BCUT2D eigenvalue weighted by Crippen LogP contribution is -2.55. The van der Waals surface area contributed by atoms with Gasteiger partial charge in [0, 0.05) is 25.2 Å². The molecule has 3 aliphatic rings. The van der Waals surface area contributed by atoms with E-state index in [1.165, 1.54) is 56.1 Å². The quantitative estimate of drug-likeness (QED) is 0.602. The molecule has 0 radical (unpaired) electrons. The first kappa shape index (κ1) is 9.83. The van der Waals surface area contributed by atoms with Crippen LogP contribution in [0.1, 0.15) is 38.5 Å². The first-order chi connectivity index (χ1) is 7.21. The molecule has 0 spiro atoms. The highest BCUT2D eigenvalue weighted by molar-refractivity contribution is 5.86. The molecule has 0 amide bonds. The van der Waals surface area contributed by atoms with E-state index in [4.69, 9.17) is 0 Å². The summed E-state index contributed by atoms with van der Waals surface area (Å²) in [5, 5.41) is 0. The number of fused-ring (bicyclic) bond motifs is 2. The molecule has 3 rings (SSSR count). The fraction of sp³-hybridized carbons (Fsp3) is 0.923. The molecule has 0 aromatic heterocycles. The van der Waals surface area contributed by atoms with Crippen LogP contribution in [0.15, 0.2) is 0 Å². The van der Waals surface area contributed by atoms with Crippen molar-refractivity contribution in [1.29, 1.82) is 0 Å². The molecule has 2 aliphatic carbocycles. The van der Waals surface area contributed by atoms with E-state index in [0.29, 0.717) is 23.7 Å². The van der Waals surface area contributed by atoms with Gasteiger partial charge in [0.15, 0.2) is 0 Å². The fourth-order valence-corrected chi connectivity index (χ4v) is 4.35. The number of hydrogen-bond acceptors (Lipinski definition) is 1. The molecule has 0 aromatic rings. The smallest absolute Gasteiger partial charge is 0.144 e. The van der Waals surface area contributed by atoms with Crippen LogP contribution in [0.2, 0.25) is 0 Å². The maximum Gasteiger partial charge on any atom is 0.144 e. The number of carbonyl (C=O) groups excluding carboxylic acids is 1. The Bertz CT molecular complexity index is 280. The van der Waals surface area contributed by atoms with Gasteiger partial charge >= 0.3 is 0 Å². The summed E-state index contributed by atoms with van der Waals surface area (Å²) in [5.74, 6) is 1.52. The van der Waals surface area contributed by atoms with E-state index in [1.54, 1.807) is 0 Å². The van der Waals surface area contributed by atoms with Gasteiger partial charge in [-0.25, -0.2) is 0 Å². The van der Waals surface area contributed by atoms with E-state index in [-0.39, 0.29) is 0 Å². The number of Topliss-reactive ketones (excluding diaryl/α,β-unsaturated/α-hetero) is 1. The Morgan fingerprint density at radius 1 is 1.07 bits per heavy atom. The number of ketones is 1. The van der Waals surface area contributed by atoms with Gasteiger partial charge in [0.2, 0.25) is 0 Å². The Morgan fingerprint density at radius 3 is 2.47 bits per heavy atom.